The van der Waals surface area contributed by atoms with Crippen molar-refractivity contribution in [3.05, 3.63) is 101 Å². The lowest BCUT2D eigenvalue weighted by atomic mass is 10.2. The van der Waals surface area contributed by atoms with Crippen molar-refractivity contribution in [1.82, 2.24) is 4.98 Å². The zero-order valence-corrected chi connectivity index (χ0v) is 17.9. The summed E-state index contributed by atoms with van der Waals surface area (Å²) >= 11 is 0. The standard InChI is InChI=1S/C26H22F3NO3/c1-18-24(30-25(33-18)20-7-3-2-4-8-20)14-15-31-23-9-5-6-19(16-23)17-32-22-12-10-21(11-13-22)26(27,28)29/h2-13,16H,14-15,17H2,1H3. The molecule has 4 rings (SSSR count). The molecule has 4 nitrogen and oxygen atoms in total. The molecule has 1 aromatic heterocycles. The molecule has 0 amide bonds. The van der Waals surface area contributed by atoms with E-state index < -0.39 is 11.7 Å². The first kappa shape index (κ1) is 22.5. The summed E-state index contributed by atoms with van der Waals surface area (Å²) in [4.78, 5) is 4.58. The Morgan fingerprint density at radius 3 is 2.33 bits per heavy atom. The fourth-order valence-corrected chi connectivity index (χ4v) is 3.26. The topological polar surface area (TPSA) is 44.5 Å². The quantitative estimate of drug-likeness (QED) is 0.292. The van der Waals surface area contributed by atoms with Crippen LogP contribution in [-0.4, -0.2) is 11.6 Å². The van der Waals surface area contributed by atoms with Gasteiger partial charge in [0.15, 0.2) is 0 Å². The van der Waals surface area contributed by atoms with Crippen LogP contribution >= 0.6 is 0 Å². The molecule has 0 unspecified atom stereocenters. The Balaban J connectivity index is 1.30. The number of hydrogen-bond acceptors (Lipinski definition) is 4. The second-order valence-electron chi connectivity index (χ2n) is 7.44. The minimum Gasteiger partial charge on any atom is -0.493 e. The average Bonchev–Trinajstić information content (AvgIpc) is 3.19. The zero-order valence-electron chi connectivity index (χ0n) is 17.9. The van der Waals surface area contributed by atoms with Gasteiger partial charge in [-0.15, -0.1) is 0 Å². The third kappa shape index (κ3) is 5.94. The minimum absolute atomic E-state index is 0.214. The number of alkyl halides is 3. The number of oxazole rings is 1. The first-order valence-electron chi connectivity index (χ1n) is 10.4. The van der Waals surface area contributed by atoms with Gasteiger partial charge in [0.25, 0.3) is 0 Å². The van der Waals surface area contributed by atoms with Crippen LogP contribution in [0.3, 0.4) is 0 Å². The highest BCUT2D eigenvalue weighted by atomic mass is 19.4. The van der Waals surface area contributed by atoms with Crippen molar-refractivity contribution in [3.8, 4) is 23.0 Å². The maximum Gasteiger partial charge on any atom is 0.416 e. The van der Waals surface area contributed by atoms with Crippen LogP contribution in [0, 0.1) is 6.92 Å². The van der Waals surface area contributed by atoms with Gasteiger partial charge in [-0.1, -0.05) is 30.3 Å². The van der Waals surface area contributed by atoms with Crippen LogP contribution in [0.15, 0.2) is 83.3 Å². The predicted octanol–water partition coefficient (Wildman–Crippen LogP) is 6.87. The maximum atomic E-state index is 12.7. The van der Waals surface area contributed by atoms with Crippen molar-refractivity contribution in [2.24, 2.45) is 0 Å². The highest BCUT2D eigenvalue weighted by molar-refractivity contribution is 5.53. The van der Waals surface area contributed by atoms with Gasteiger partial charge in [-0.05, 0) is 61.0 Å². The highest BCUT2D eigenvalue weighted by Gasteiger charge is 2.30. The van der Waals surface area contributed by atoms with Gasteiger partial charge in [-0.2, -0.15) is 13.2 Å². The van der Waals surface area contributed by atoms with Crippen molar-refractivity contribution in [3.63, 3.8) is 0 Å². The van der Waals surface area contributed by atoms with Crippen molar-refractivity contribution in [1.29, 1.82) is 0 Å². The Kier molecular flexibility index (Phi) is 6.68. The molecule has 0 aliphatic carbocycles. The van der Waals surface area contributed by atoms with E-state index in [0.29, 0.717) is 30.4 Å². The number of rotatable bonds is 8. The molecular weight excluding hydrogens is 431 g/mol. The zero-order chi connectivity index (χ0) is 23.3. The van der Waals surface area contributed by atoms with Crippen LogP contribution in [-0.2, 0) is 19.2 Å². The summed E-state index contributed by atoms with van der Waals surface area (Å²) in [7, 11) is 0. The number of ether oxygens (including phenoxy) is 2. The normalized spacial score (nSPS) is 11.4. The van der Waals surface area contributed by atoms with Gasteiger partial charge >= 0.3 is 6.18 Å². The number of halogens is 3. The SMILES string of the molecule is Cc1oc(-c2ccccc2)nc1CCOc1cccc(COc2ccc(C(F)(F)F)cc2)c1. The van der Waals surface area contributed by atoms with Gasteiger partial charge in [0, 0.05) is 12.0 Å². The van der Waals surface area contributed by atoms with Gasteiger partial charge in [-0.25, -0.2) is 4.98 Å². The lowest BCUT2D eigenvalue weighted by Crippen LogP contribution is -2.05. The van der Waals surface area contributed by atoms with Gasteiger partial charge < -0.3 is 13.9 Å². The van der Waals surface area contributed by atoms with Crippen LogP contribution < -0.4 is 9.47 Å². The number of benzene rings is 3. The fraction of sp³-hybridized carbons (Fsp3) is 0.192. The fourth-order valence-electron chi connectivity index (χ4n) is 3.26. The second-order valence-corrected chi connectivity index (χ2v) is 7.44. The third-order valence-corrected chi connectivity index (χ3v) is 5.01. The molecular formula is C26H22F3NO3. The van der Waals surface area contributed by atoms with Crippen molar-refractivity contribution < 1.29 is 27.1 Å². The number of hydrogen-bond donors (Lipinski definition) is 0. The summed E-state index contributed by atoms with van der Waals surface area (Å²) < 4.78 is 55.2. The third-order valence-electron chi connectivity index (χ3n) is 5.01. The van der Waals surface area contributed by atoms with E-state index in [4.69, 9.17) is 13.9 Å². The lowest BCUT2D eigenvalue weighted by molar-refractivity contribution is -0.137. The van der Waals surface area contributed by atoms with Crippen molar-refractivity contribution >= 4 is 0 Å². The van der Waals surface area contributed by atoms with E-state index in [0.717, 1.165) is 34.7 Å². The molecule has 0 aliphatic rings. The molecule has 170 valence electrons. The Bertz CT molecular complexity index is 1190. The minimum atomic E-state index is -4.36. The Labute approximate surface area is 189 Å². The summed E-state index contributed by atoms with van der Waals surface area (Å²) in [6.45, 7) is 2.52. The van der Waals surface area contributed by atoms with Gasteiger partial charge in [0.1, 0.15) is 23.9 Å². The molecule has 33 heavy (non-hydrogen) atoms. The van der Waals surface area contributed by atoms with Crippen LogP contribution in [0.5, 0.6) is 11.5 Å². The molecule has 0 fully saturated rings. The smallest absolute Gasteiger partial charge is 0.416 e. The van der Waals surface area contributed by atoms with E-state index >= 15 is 0 Å². The van der Waals surface area contributed by atoms with Crippen molar-refractivity contribution in [2.45, 2.75) is 26.1 Å². The molecule has 1 heterocycles. The Morgan fingerprint density at radius 2 is 1.61 bits per heavy atom. The first-order chi connectivity index (χ1) is 15.9. The maximum absolute atomic E-state index is 12.7. The Hall–Kier alpha value is -3.74. The van der Waals surface area contributed by atoms with E-state index in [9.17, 15) is 13.2 Å². The largest absolute Gasteiger partial charge is 0.493 e. The average molecular weight is 453 g/mol. The van der Waals surface area contributed by atoms with Gasteiger partial charge in [0.2, 0.25) is 5.89 Å². The molecule has 7 heteroatoms. The van der Waals surface area contributed by atoms with Gasteiger partial charge in [0.05, 0.1) is 17.9 Å². The van der Waals surface area contributed by atoms with E-state index in [2.05, 4.69) is 4.98 Å². The summed E-state index contributed by atoms with van der Waals surface area (Å²) in [6.07, 6.45) is -3.77. The van der Waals surface area contributed by atoms with Crippen LogP contribution in [0.4, 0.5) is 13.2 Å². The molecule has 0 radical (unpaired) electrons. The van der Waals surface area contributed by atoms with E-state index in [1.807, 2.05) is 61.5 Å². The van der Waals surface area contributed by atoms with Crippen LogP contribution in [0.1, 0.15) is 22.6 Å². The van der Waals surface area contributed by atoms with E-state index in [-0.39, 0.29) is 6.61 Å². The molecule has 0 saturated carbocycles. The summed E-state index contributed by atoms with van der Waals surface area (Å²) in [5.74, 6) is 2.39. The molecule has 0 spiro atoms. The molecule has 0 bridgehead atoms. The van der Waals surface area contributed by atoms with Crippen molar-refractivity contribution in [2.75, 3.05) is 6.61 Å². The summed E-state index contributed by atoms with van der Waals surface area (Å²) in [5.41, 5.74) is 1.91. The number of nitrogens with zero attached hydrogens (tertiary/aromatic N) is 1. The highest BCUT2D eigenvalue weighted by Crippen LogP contribution is 2.30. The summed E-state index contributed by atoms with van der Waals surface area (Å²) in [6, 6.07) is 21.7. The Morgan fingerprint density at radius 1 is 0.848 bits per heavy atom. The molecule has 0 atom stereocenters. The molecule has 0 aliphatic heterocycles. The molecule has 3 aromatic carbocycles. The molecule has 0 N–H and O–H groups in total. The van der Waals surface area contributed by atoms with E-state index in [1.54, 1.807) is 0 Å². The van der Waals surface area contributed by atoms with Crippen LogP contribution in [0.25, 0.3) is 11.5 Å². The number of aromatic nitrogens is 1. The summed E-state index contributed by atoms with van der Waals surface area (Å²) in [5, 5.41) is 0. The number of aryl methyl sites for hydroxylation is 1. The first-order valence-corrected chi connectivity index (χ1v) is 10.4. The lowest BCUT2D eigenvalue weighted by Gasteiger charge is -2.10. The van der Waals surface area contributed by atoms with E-state index in [1.165, 1.54) is 12.1 Å². The van der Waals surface area contributed by atoms with Crippen LogP contribution in [0.2, 0.25) is 0 Å². The van der Waals surface area contributed by atoms with Gasteiger partial charge in [-0.3, -0.25) is 0 Å². The predicted molar refractivity (Wildman–Crippen MR) is 118 cm³/mol. The second kappa shape index (κ2) is 9.81. The monoisotopic (exact) mass is 453 g/mol. The molecule has 0 saturated heterocycles. The molecule has 4 aromatic rings.